The minimum absolute atomic E-state index is 0.210. The molecule has 0 amide bonds. The number of sulfonamides is 1. The van der Waals surface area contributed by atoms with Crippen LogP contribution >= 0.6 is 11.6 Å². The van der Waals surface area contributed by atoms with Gasteiger partial charge in [0.25, 0.3) is 0 Å². The van der Waals surface area contributed by atoms with Gasteiger partial charge >= 0.3 is 0 Å². The molecule has 6 heteroatoms. The molecule has 1 heterocycles. The van der Waals surface area contributed by atoms with E-state index in [4.69, 9.17) is 11.6 Å². The van der Waals surface area contributed by atoms with E-state index in [1.807, 2.05) is 6.08 Å². The SMILES string of the molecule is C=C(/C=C\C1=C(C)NCCC1)CCNS(=O)(=O)c1ccc(Cl)cc1. The summed E-state index contributed by atoms with van der Waals surface area (Å²) in [6.45, 7) is 7.39. The van der Waals surface area contributed by atoms with Gasteiger partial charge in [0.15, 0.2) is 0 Å². The van der Waals surface area contributed by atoms with E-state index in [2.05, 4.69) is 29.6 Å². The second-order valence-corrected chi connectivity index (χ2v) is 7.98. The Labute approximate surface area is 149 Å². The van der Waals surface area contributed by atoms with Crippen LogP contribution in [0.15, 0.2) is 64.7 Å². The summed E-state index contributed by atoms with van der Waals surface area (Å²) in [7, 11) is -3.51. The predicted molar refractivity (Wildman–Crippen MR) is 99.5 cm³/mol. The van der Waals surface area contributed by atoms with E-state index in [0.29, 0.717) is 18.0 Å². The van der Waals surface area contributed by atoms with Crippen molar-refractivity contribution < 1.29 is 8.42 Å². The van der Waals surface area contributed by atoms with Gasteiger partial charge in [-0.05, 0) is 56.0 Å². The third-order valence-electron chi connectivity index (χ3n) is 3.88. The van der Waals surface area contributed by atoms with Gasteiger partial charge in [-0.2, -0.15) is 0 Å². The number of allylic oxidation sites excluding steroid dienone is 4. The predicted octanol–water partition coefficient (Wildman–Crippen LogP) is 3.78. The van der Waals surface area contributed by atoms with Crippen LogP contribution in [-0.2, 0) is 10.0 Å². The third-order valence-corrected chi connectivity index (χ3v) is 5.61. The van der Waals surface area contributed by atoms with Crippen molar-refractivity contribution >= 4 is 21.6 Å². The Morgan fingerprint density at radius 2 is 2.08 bits per heavy atom. The highest BCUT2D eigenvalue weighted by atomic mass is 35.5. The van der Waals surface area contributed by atoms with Crippen LogP contribution in [0, 0.1) is 0 Å². The van der Waals surface area contributed by atoms with E-state index in [-0.39, 0.29) is 4.90 Å². The van der Waals surface area contributed by atoms with Gasteiger partial charge in [-0.3, -0.25) is 0 Å². The van der Waals surface area contributed by atoms with Gasteiger partial charge in [0.05, 0.1) is 4.90 Å². The molecular weight excluding hydrogens is 344 g/mol. The van der Waals surface area contributed by atoms with E-state index < -0.39 is 10.0 Å². The number of nitrogens with one attached hydrogen (secondary N) is 2. The Bertz CT molecular complexity index is 750. The monoisotopic (exact) mass is 366 g/mol. The number of hydrogen-bond acceptors (Lipinski definition) is 3. The van der Waals surface area contributed by atoms with Crippen LogP contribution in [0.1, 0.15) is 26.2 Å². The Morgan fingerprint density at radius 1 is 1.38 bits per heavy atom. The average molecular weight is 367 g/mol. The van der Waals surface area contributed by atoms with Crippen LogP contribution in [0.5, 0.6) is 0 Å². The minimum Gasteiger partial charge on any atom is -0.388 e. The average Bonchev–Trinajstić information content (AvgIpc) is 2.54. The Kier molecular flexibility index (Phi) is 6.66. The Morgan fingerprint density at radius 3 is 2.75 bits per heavy atom. The number of rotatable bonds is 7. The molecule has 0 radical (unpaired) electrons. The lowest BCUT2D eigenvalue weighted by Gasteiger charge is -2.17. The Balaban J connectivity index is 1.85. The molecular formula is C18H23ClN2O2S. The molecule has 1 aliphatic heterocycles. The molecule has 0 aromatic heterocycles. The van der Waals surface area contributed by atoms with Crippen LogP contribution in [0.25, 0.3) is 0 Å². The highest BCUT2D eigenvalue weighted by molar-refractivity contribution is 7.89. The minimum atomic E-state index is -3.51. The van der Waals surface area contributed by atoms with Gasteiger partial charge in [0.2, 0.25) is 10.0 Å². The number of benzene rings is 1. The lowest BCUT2D eigenvalue weighted by molar-refractivity contribution is 0.582. The van der Waals surface area contributed by atoms with Gasteiger partial charge in [0.1, 0.15) is 0 Å². The third kappa shape index (κ3) is 5.51. The summed E-state index contributed by atoms with van der Waals surface area (Å²) in [6, 6.07) is 6.10. The van der Waals surface area contributed by atoms with Crippen LogP contribution in [0.3, 0.4) is 0 Å². The summed E-state index contributed by atoms with van der Waals surface area (Å²) >= 11 is 5.77. The summed E-state index contributed by atoms with van der Waals surface area (Å²) in [5, 5.41) is 3.85. The molecule has 130 valence electrons. The first kappa shape index (κ1) is 18.8. The zero-order valence-corrected chi connectivity index (χ0v) is 15.4. The maximum absolute atomic E-state index is 12.2. The fraction of sp³-hybridized carbons (Fsp3) is 0.333. The largest absolute Gasteiger partial charge is 0.388 e. The fourth-order valence-corrected chi connectivity index (χ4v) is 3.57. The zero-order valence-electron chi connectivity index (χ0n) is 13.8. The van der Waals surface area contributed by atoms with Gasteiger partial charge in [0, 0.05) is 23.8 Å². The topological polar surface area (TPSA) is 58.2 Å². The molecule has 0 saturated heterocycles. The van der Waals surface area contributed by atoms with E-state index in [0.717, 1.165) is 25.0 Å². The molecule has 0 atom stereocenters. The molecule has 0 unspecified atom stereocenters. The number of hydrogen-bond donors (Lipinski definition) is 2. The molecule has 0 bridgehead atoms. The molecule has 1 aliphatic rings. The molecule has 1 aromatic carbocycles. The summed E-state index contributed by atoms with van der Waals surface area (Å²) < 4.78 is 26.9. The van der Waals surface area contributed by atoms with E-state index in [1.54, 1.807) is 12.1 Å². The van der Waals surface area contributed by atoms with Gasteiger partial charge in [-0.15, -0.1) is 0 Å². The van der Waals surface area contributed by atoms with Crippen molar-refractivity contribution in [3.05, 3.63) is 64.9 Å². The normalized spacial score (nSPS) is 15.6. The molecule has 0 aliphatic carbocycles. The summed E-state index contributed by atoms with van der Waals surface area (Å²) in [4.78, 5) is 0.210. The first-order valence-corrected chi connectivity index (χ1v) is 9.79. The second-order valence-electron chi connectivity index (χ2n) is 5.77. The first-order chi connectivity index (χ1) is 11.4. The van der Waals surface area contributed by atoms with Gasteiger partial charge < -0.3 is 5.32 Å². The number of halogens is 1. The molecule has 24 heavy (non-hydrogen) atoms. The van der Waals surface area contributed by atoms with Gasteiger partial charge in [-0.25, -0.2) is 13.1 Å². The van der Waals surface area contributed by atoms with Crippen molar-refractivity contribution in [2.45, 2.75) is 31.1 Å². The van der Waals surface area contributed by atoms with E-state index >= 15 is 0 Å². The maximum Gasteiger partial charge on any atom is 0.240 e. The highest BCUT2D eigenvalue weighted by Crippen LogP contribution is 2.17. The molecule has 1 aromatic rings. The molecule has 2 rings (SSSR count). The molecule has 4 nitrogen and oxygen atoms in total. The van der Waals surface area contributed by atoms with Crippen LogP contribution in [-0.4, -0.2) is 21.5 Å². The van der Waals surface area contributed by atoms with Crippen molar-refractivity contribution in [1.29, 1.82) is 0 Å². The van der Waals surface area contributed by atoms with Crippen LogP contribution in [0.2, 0.25) is 5.02 Å². The maximum atomic E-state index is 12.2. The van der Waals surface area contributed by atoms with Crippen LogP contribution in [0.4, 0.5) is 0 Å². The van der Waals surface area contributed by atoms with Crippen molar-refractivity contribution in [3.63, 3.8) is 0 Å². The summed E-state index contributed by atoms with van der Waals surface area (Å²) in [6.07, 6.45) is 6.78. The highest BCUT2D eigenvalue weighted by Gasteiger charge is 2.12. The smallest absolute Gasteiger partial charge is 0.240 e. The van der Waals surface area contributed by atoms with Crippen molar-refractivity contribution in [2.24, 2.45) is 0 Å². The molecule has 0 spiro atoms. The van der Waals surface area contributed by atoms with E-state index in [9.17, 15) is 8.42 Å². The molecule has 2 N–H and O–H groups in total. The van der Waals surface area contributed by atoms with Crippen molar-refractivity contribution in [3.8, 4) is 0 Å². The molecule has 0 saturated carbocycles. The first-order valence-electron chi connectivity index (χ1n) is 7.93. The van der Waals surface area contributed by atoms with Crippen molar-refractivity contribution in [2.75, 3.05) is 13.1 Å². The fourth-order valence-electron chi connectivity index (χ4n) is 2.41. The Hall–Kier alpha value is -1.56. The zero-order chi connectivity index (χ0) is 17.6. The second kappa shape index (κ2) is 8.51. The summed E-state index contributed by atoms with van der Waals surface area (Å²) in [5.41, 5.74) is 3.37. The lowest BCUT2D eigenvalue weighted by Crippen LogP contribution is -2.24. The van der Waals surface area contributed by atoms with Gasteiger partial charge in [-0.1, -0.05) is 35.9 Å². The van der Waals surface area contributed by atoms with Crippen molar-refractivity contribution in [1.82, 2.24) is 10.0 Å². The standard InChI is InChI=1S/C18H23ClN2O2S/c1-14(5-6-16-4-3-12-20-15(16)2)11-13-21-24(22,23)18-9-7-17(19)8-10-18/h5-10,20-21H,1,3-4,11-13H2,2H3/b6-5-. The quantitative estimate of drug-likeness (QED) is 0.722. The molecule has 0 fully saturated rings. The van der Waals surface area contributed by atoms with Crippen LogP contribution < -0.4 is 10.0 Å². The summed E-state index contributed by atoms with van der Waals surface area (Å²) in [5.74, 6) is 0. The van der Waals surface area contributed by atoms with E-state index in [1.165, 1.54) is 23.4 Å². The lowest BCUT2D eigenvalue weighted by atomic mass is 10.0.